The summed E-state index contributed by atoms with van der Waals surface area (Å²) in [5, 5.41) is 0. The molecule has 0 bridgehead atoms. The molecular weight excluding hydrogens is 641 g/mol. The van der Waals surface area contributed by atoms with Crippen LogP contribution in [0.1, 0.15) is 117 Å². The minimum Gasteiger partial charge on any atom is -0.458 e. The fourth-order valence-corrected chi connectivity index (χ4v) is 9.87. The van der Waals surface area contributed by atoms with Gasteiger partial charge in [-0.25, -0.2) is 4.79 Å². The number of esters is 1. The van der Waals surface area contributed by atoms with Crippen molar-refractivity contribution in [3.8, 4) is 0 Å². The van der Waals surface area contributed by atoms with Gasteiger partial charge in [-0.2, -0.15) is 0 Å². The van der Waals surface area contributed by atoms with Crippen LogP contribution in [0.2, 0.25) is 0 Å². The first-order valence-corrected chi connectivity index (χ1v) is 19.6. The van der Waals surface area contributed by atoms with E-state index in [2.05, 4.69) is 46.4 Å². The van der Waals surface area contributed by atoms with Crippen LogP contribution in [0.3, 0.4) is 0 Å². The Balaban J connectivity index is 1.19. The van der Waals surface area contributed by atoms with E-state index >= 15 is 0 Å². The fraction of sp³-hybridized carbons (Fsp3) is 0.438. The molecule has 3 saturated carbocycles. The van der Waals surface area contributed by atoms with Crippen molar-refractivity contribution in [1.29, 1.82) is 0 Å². The number of fused-ring (bicyclic) bond motifs is 1. The lowest BCUT2D eigenvalue weighted by Crippen LogP contribution is -2.36. The van der Waals surface area contributed by atoms with E-state index < -0.39 is 12.0 Å². The zero-order valence-corrected chi connectivity index (χ0v) is 31.6. The van der Waals surface area contributed by atoms with Crippen molar-refractivity contribution < 1.29 is 19.1 Å². The third kappa shape index (κ3) is 8.17. The average Bonchev–Trinajstić information content (AvgIpc) is 3.53. The Labute approximate surface area is 311 Å². The number of hydrogen-bond acceptors (Lipinski definition) is 4. The Hall–Kier alpha value is -4.31. The van der Waals surface area contributed by atoms with Crippen LogP contribution in [-0.2, 0) is 4.74 Å². The number of carbonyl (C=O) groups is 3. The lowest BCUT2D eigenvalue weighted by Gasteiger charge is -2.44. The molecule has 7 atom stereocenters. The monoisotopic (exact) mass is 696 g/mol. The van der Waals surface area contributed by atoms with Crippen molar-refractivity contribution in [2.24, 2.45) is 40.9 Å². The summed E-state index contributed by atoms with van der Waals surface area (Å²) in [5.74, 6) is 1.51. The maximum absolute atomic E-state index is 13.8. The number of Topliss-reactive ketones (excluding diaryl/α,β-unsaturated/α-hetero) is 2. The van der Waals surface area contributed by atoms with Gasteiger partial charge in [0.2, 0.25) is 0 Å². The minimum atomic E-state index is -0.453. The van der Waals surface area contributed by atoms with Gasteiger partial charge >= 0.3 is 5.97 Å². The van der Waals surface area contributed by atoms with Crippen LogP contribution in [0.15, 0.2) is 126 Å². The first-order valence-electron chi connectivity index (χ1n) is 19.6. The highest BCUT2D eigenvalue weighted by molar-refractivity contribution is 6.00. The summed E-state index contributed by atoms with van der Waals surface area (Å²) < 4.78 is 6.07. The van der Waals surface area contributed by atoms with Gasteiger partial charge in [0.25, 0.3) is 0 Å². The molecule has 3 aliphatic carbocycles. The summed E-state index contributed by atoms with van der Waals surface area (Å²) in [5.41, 5.74) is 5.55. The SMILES string of the molecule is C=C1/C(=C\C=C2CCC[C@@]3(C)C2CC[C@@H]3[C@H](C)CCC(C(=O)c2ccccc2)C(C)C)C[C@@H](OC(=O)c2ccccc2)C[C@H]1C(=O)c1ccccc1. The molecule has 0 amide bonds. The highest BCUT2D eigenvalue weighted by Crippen LogP contribution is 2.60. The molecule has 272 valence electrons. The van der Waals surface area contributed by atoms with Gasteiger partial charge in [-0.05, 0) is 104 Å². The number of hydrogen-bond donors (Lipinski definition) is 0. The first kappa shape index (κ1) is 37.4. The van der Waals surface area contributed by atoms with Crippen molar-refractivity contribution in [2.75, 3.05) is 0 Å². The van der Waals surface area contributed by atoms with Gasteiger partial charge in [0, 0.05) is 23.5 Å². The quantitative estimate of drug-likeness (QED) is 0.140. The molecule has 2 unspecified atom stereocenters. The van der Waals surface area contributed by atoms with Crippen LogP contribution in [0.5, 0.6) is 0 Å². The standard InChI is InChI=1S/C48H56O4/c1-32(2)41(45(49)36-16-9-6-10-17-36)26-23-33(3)43-27-28-44-35(22-15-29-48(43,44)5)24-25-39-30-40(52-47(51)38-20-13-8-14-21-38)31-42(34(39)4)46(50)37-18-11-7-12-19-37/h6-14,16-21,24-25,32-33,40-44H,4,15,22-23,26-31H2,1-3,5H3/b35-24?,39-25-/t33-,40-,41?,42-,43-,44?,48-/m1/s1. The summed E-state index contributed by atoms with van der Waals surface area (Å²) in [6, 6.07) is 28.3. The molecular formula is C48H56O4. The number of carbonyl (C=O) groups excluding carboxylic acids is 3. The van der Waals surface area contributed by atoms with Crippen molar-refractivity contribution in [2.45, 2.75) is 91.6 Å². The molecule has 4 nitrogen and oxygen atoms in total. The first-order chi connectivity index (χ1) is 25.1. The normalized spacial score (nSPS) is 27.3. The van der Waals surface area contributed by atoms with Gasteiger partial charge in [-0.3, -0.25) is 9.59 Å². The Kier molecular flexibility index (Phi) is 11.9. The van der Waals surface area contributed by atoms with E-state index in [1.54, 1.807) is 12.1 Å². The number of ketones is 2. The van der Waals surface area contributed by atoms with E-state index in [1.807, 2.05) is 78.9 Å². The summed E-state index contributed by atoms with van der Waals surface area (Å²) >= 11 is 0. The second-order valence-electron chi connectivity index (χ2n) is 16.3. The molecule has 3 aliphatic rings. The Morgan fingerprint density at radius 2 is 1.44 bits per heavy atom. The number of benzene rings is 3. The number of allylic oxidation sites excluding steroid dienone is 4. The predicted octanol–water partition coefficient (Wildman–Crippen LogP) is 11.7. The smallest absolute Gasteiger partial charge is 0.338 e. The molecule has 3 aromatic rings. The molecule has 0 saturated heterocycles. The molecule has 52 heavy (non-hydrogen) atoms. The van der Waals surface area contributed by atoms with Gasteiger partial charge in [-0.15, -0.1) is 0 Å². The second kappa shape index (κ2) is 16.6. The van der Waals surface area contributed by atoms with Gasteiger partial charge in [-0.1, -0.05) is 131 Å². The van der Waals surface area contributed by atoms with Crippen LogP contribution in [0, 0.1) is 40.9 Å². The maximum atomic E-state index is 13.8. The summed E-state index contributed by atoms with van der Waals surface area (Å²) in [4.78, 5) is 40.5. The molecule has 0 heterocycles. The van der Waals surface area contributed by atoms with E-state index in [-0.39, 0.29) is 28.9 Å². The lowest BCUT2D eigenvalue weighted by atomic mass is 9.60. The van der Waals surface area contributed by atoms with Crippen LogP contribution in [0.4, 0.5) is 0 Å². The fourth-order valence-electron chi connectivity index (χ4n) is 9.87. The van der Waals surface area contributed by atoms with E-state index in [1.165, 1.54) is 31.3 Å². The maximum Gasteiger partial charge on any atom is 0.338 e. The van der Waals surface area contributed by atoms with Crippen molar-refractivity contribution in [3.05, 3.63) is 143 Å². The van der Waals surface area contributed by atoms with Crippen LogP contribution in [-0.4, -0.2) is 23.6 Å². The summed E-state index contributed by atoms with van der Waals surface area (Å²) in [6.07, 6.45) is 12.9. The van der Waals surface area contributed by atoms with Crippen LogP contribution in [0.25, 0.3) is 0 Å². The van der Waals surface area contributed by atoms with Gasteiger partial charge in [0.15, 0.2) is 11.6 Å². The Morgan fingerprint density at radius 1 is 0.827 bits per heavy atom. The summed E-state index contributed by atoms with van der Waals surface area (Å²) in [7, 11) is 0. The molecule has 0 spiro atoms. The van der Waals surface area contributed by atoms with E-state index in [0.717, 1.165) is 36.0 Å². The molecule has 0 radical (unpaired) electrons. The lowest BCUT2D eigenvalue weighted by molar-refractivity contribution is 0.0229. The molecule has 0 aliphatic heterocycles. The van der Waals surface area contributed by atoms with Crippen molar-refractivity contribution in [1.82, 2.24) is 0 Å². The average molecular weight is 697 g/mol. The molecule has 3 fully saturated rings. The third-order valence-corrected chi connectivity index (χ3v) is 12.8. The second-order valence-corrected chi connectivity index (χ2v) is 16.3. The van der Waals surface area contributed by atoms with Crippen LogP contribution < -0.4 is 0 Å². The van der Waals surface area contributed by atoms with Gasteiger partial charge < -0.3 is 4.74 Å². The molecule has 0 aromatic heterocycles. The number of rotatable bonds is 12. The minimum absolute atomic E-state index is 0.0210. The van der Waals surface area contributed by atoms with Gasteiger partial charge in [0.05, 0.1) is 11.5 Å². The highest BCUT2D eigenvalue weighted by atomic mass is 16.5. The highest BCUT2D eigenvalue weighted by Gasteiger charge is 2.50. The van der Waals surface area contributed by atoms with E-state index in [0.29, 0.717) is 47.6 Å². The molecule has 0 N–H and O–H groups in total. The molecule has 6 rings (SSSR count). The number of ether oxygens (including phenoxy) is 1. The third-order valence-electron chi connectivity index (χ3n) is 12.8. The largest absolute Gasteiger partial charge is 0.458 e. The van der Waals surface area contributed by atoms with Crippen molar-refractivity contribution >= 4 is 17.5 Å². The molecule has 3 aromatic carbocycles. The van der Waals surface area contributed by atoms with E-state index in [9.17, 15) is 14.4 Å². The predicted molar refractivity (Wildman–Crippen MR) is 210 cm³/mol. The summed E-state index contributed by atoms with van der Waals surface area (Å²) in [6.45, 7) is 13.8. The zero-order chi connectivity index (χ0) is 36.8. The Morgan fingerprint density at radius 3 is 2.08 bits per heavy atom. The topological polar surface area (TPSA) is 60.4 Å². The Bertz CT molecular complexity index is 1790. The molecule has 4 heteroatoms. The van der Waals surface area contributed by atoms with Crippen molar-refractivity contribution in [3.63, 3.8) is 0 Å². The zero-order valence-electron chi connectivity index (χ0n) is 31.6. The van der Waals surface area contributed by atoms with Gasteiger partial charge in [0.1, 0.15) is 6.10 Å². The van der Waals surface area contributed by atoms with E-state index in [4.69, 9.17) is 4.74 Å². The van der Waals surface area contributed by atoms with Crippen LogP contribution >= 0.6 is 0 Å².